The Labute approximate surface area is 115 Å². The third kappa shape index (κ3) is 3.55. The summed E-state index contributed by atoms with van der Waals surface area (Å²) in [7, 11) is -3.18. The van der Waals surface area contributed by atoms with Gasteiger partial charge in [0.1, 0.15) is 0 Å². The smallest absolute Gasteiger partial charge is 0.217 e. The highest BCUT2D eigenvalue weighted by molar-refractivity contribution is 7.89. The quantitative estimate of drug-likeness (QED) is 0.892. The summed E-state index contributed by atoms with van der Waals surface area (Å²) in [6, 6.07) is 9.78. The van der Waals surface area contributed by atoms with E-state index in [0.29, 0.717) is 25.9 Å². The molecular weight excluding hydrogens is 260 g/mol. The summed E-state index contributed by atoms with van der Waals surface area (Å²) >= 11 is 0. The zero-order valence-electron chi connectivity index (χ0n) is 11.4. The first-order chi connectivity index (χ1) is 9.14. The third-order valence-electron chi connectivity index (χ3n) is 3.62. The van der Waals surface area contributed by atoms with E-state index in [4.69, 9.17) is 0 Å². The van der Waals surface area contributed by atoms with Gasteiger partial charge >= 0.3 is 0 Å². The molecule has 1 fully saturated rings. The second kappa shape index (κ2) is 6.50. The Bertz CT molecular complexity index is 481. The number of benzene rings is 1. The second-order valence-corrected chi connectivity index (χ2v) is 7.12. The Balaban J connectivity index is 2.11. The first-order valence-corrected chi connectivity index (χ1v) is 8.38. The SMILES string of the molecule is CCN(Cc1ccccc1)S(=O)(=O)C1CCNCC1. The van der Waals surface area contributed by atoms with Crippen LogP contribution in [0.5, 0.6) is 0 Å². The van der Waals surface area contributed by atoms with E-state index in [-0.39, 0.29) is 5.25 Å². The van der Waals surface area contributed by atoms with Crippen molar-refractivity contribution in [3.05, 3.63) is 35.9 Å². The van der Waals surface area contributed by atoms with E-state index in [2.05, 4.69) is 5.32 Å². The van der Waals surface area contributed by atoms with Crippen molar-refractivity contribution in [2.45, 2.75) is 31.6 Å². The molecule has 1 saturated heterocycles. The van der Waals surface area contributed by atoms with Crippen LogP contribution in [0.2, 0.25) is 0 Å². The van der Waals surface area contributed by atoms with Crippen LogP contribution in [0.1, 0.15) is 25.3 Å². The van der Waals surface area contributed by atoms with Gasteiger partial charge in [0, 0.05) is 13.1 Å². The molecule has 1 heterocycles. The molecule has 5 heteroatoms. The van der Waals surface area contributed by atoms with Crippen molar-refractivity contribution in [2.75, 3.05) is 19.6 Å². The van der Waals surface area contributed by atoms with Crippen LogP contribution in [0, 0.1) is 0 Å². The molecule has 1 aromatic carbocycles. The number of nitrogens with zero attached hydrogens (tertiary/aromatic N) is 1. The third-order valence-corrected chi connectivity index (χ3v) is 6.04. The summed E-state index contributed by atoms with van der Waals surface area (Å²) in [6.07, 6.45) is 1.43. The molecule has 0 radical (unpaired) electrons. The lowest BCUT2D eigenvalue weighted by atomic mass is 10.2. The van der Waals surface area contributed by atoms with Gasteiger partial charge < -0.3 is 5.32 Å². The first kappa shape index (κ1) is 14.5. The van der Waals surface area contributed by atoms with Gasteiger partial charge in [-0.3, -0.25) is 0 Å². The van der Waals surface area contributed by atoms with Gasteiger partial charge in [-0.05, 0) is 31.5 Å². The Kier molecular flexibility index (Phi) is 4.96. The lowest BCUT2D eigenvalue weighted by molar-refractivity contribution is 0.398. The van der Waals surface area contributed by atoms with Gasteiger partial charge in [-0.2, -0.15) is 4.31 Å². The highest BCUT2D eigenvalue weighted by Gasteiger charge is 2.31. The minimum atomic E-state index is -3.18. The number of hydrogen-bond acceptors (Lipinski definition) is 3. The molecule has 0 unspecified atom stereocenters. The minimum absolute atomic E-state index is 0.225. The molecule has 1 aliphatic rings. The summed E-state index contributed by atoms with van der Waals surface area (Å²) in [5.41, 5.74) is 1.04. The fraction of sp³-hybridized carbons (Fsp3) is 0.571. The summed E-state index contributed by atoms with van der Waals surface area (Å²) < 4.78 is 26.8. The van der Waals surface area contributed by atoms with Crippen molar-refractivity contribution < 1.29 is 8.42 Å². The minimum Gasteiger partial charge on any atom is -0.317 e. The summed E-state index contributed by atoms with van der Waals surface area (Å²) in [6.45, 7) is 4.51. The summed E-state index contributed by atoms with van der Waals surface area (Å²) in [4.78, 5) is 0. The standard InChI is InChI=1S/C14H22N2O2S/c1-2-16(12-13-6-4-3-5-7-13)19(17,18)14-8-10-15-11-9-14/h3-7,14-15H,2,8-12H2,1H3. The van der Waals surface area contributed by atoms with Crippen LogP contribution in [-0.2, 0) is 16.6 Å². The van der Waals surface area contributed by atoms with E-state index in [1.54, 1.807) is 4.31 Å². The van der Waals surface area contributed by atoms with Gasteiger partial charge in [0.15, 0.2) is 0 Å². The predicted molar refractivity (Wildman–Crippen MR) is 77.3 cm³/mol. The fourth-order valence-corrected chi connectivity index (χ4v) is 4.41. The number of sulfonamides is 1. The summed E-state index contributed by atoms with van der Waals surface area (Å²) in [5, 5.41) is 2.99. The van der Waals surface area contributed by atoms with Crippen LogP contribution in [0.4, 0.5) is 0 Å². The topological polar surface area (TPSA) is 49.4 Å². The molecule has 0 aromatic heterocycles. The van der Waals surface area contributed by atoms with E-state index in [9.17, 15) is 8.42 Å². The molecule has 0 saturated carbocycles. The van der Waals surface area contributed by atoms with Gasteiger partial charge in [0.2, 0.25) is 10.0 Å². The van der Waals surface area contributed by atoms with Gasteiger partial charge in [-0.15, -0.1) is 0 Å². The van der Waals surface area contributed by atoms with Crippen LogP contribution in [0.3, 0.4) is 0 Å². The average Bonchev–Trinajstić information content (AvgIpc) is 2.46. The van der Waals surface area contributed by atoms with Crippen molar-refractivity contribution in [2.24, 2.45) is 0 Å². The van der Waals surface area contributed by atoms with Crippen LogP contribution in [0.15, 0.2) is 30.3 Å². The Hall–Kier alpha value is -0.910. The van der Waals surface area contributed by atoms with Crippen molar-refractivity contribution >= 4 is 10.0 Å². The van der Waals surface area contributed by atoms with E-state index >= 15 is 0 Å². The largest absolute Gasteiger partial charge is 0.317 e. The molecule has 0 atom stereocenters. The number of piperidine rings is 1. The highest BCUT2D eigenvalue weighted by Crippen LogP contribution is 2.19. The van der Waals surface area contributed by atoms with Gasteiger partial charge in [0.05, 0.1) is 5.25 Å². The van der Waals surface area contributed by atoms with Crippen LogP contribution < -0.4 is 5.32 Å². The van der Waals surface area contributed by atoms with Gasteiger partial charge in [0.25, 0.3) is 0 Å². The molecule has 0 aliphatic carbocycles. The van der Waals surface area contributed by atoms with E-state index in [1.165, 1.54) is 0 Å². The predicted octanol–water partition coefficient (Wildman–Crippen LogP) is 1.59. The van der Waals surface area contributed by atoms with Crippen molar-refractivity contribution in [1.82, 2.24) is 9.62 Å². The molecule has 1 aromatic rings. The fourth-order valence-electron chi connectivity index (χ4n) is 2.47. The van der Waals surface area contributed by atoms with E-state index in [1.807, 2.05) is 37.3 Å². The second-order valence-electron chi connectivity index (χ2n) is 4.91. The Morgan fingerprint density at radius 1 is 1.21 bits per heavy atom. The normalized spacial score (nSPS) is 17.8. The molecule has 0 amide bonds. The van der Waals surface area contributed by atoms with E-state index in [0.717, 1.165) is 18.7 Å². The molecule has 1 aliphatic heterocycles. The van der Waals surface area contributed by atoms with Crippen LogP contribution in [-0.4, -0.2) is 37.6 Å². The average molecular weight is 282 g/mol. The highest BCUT2D eigenvalue weighted by atomic mass is 32.2. The number of rotatable bonds is 5. The van der Waals surface area contributed by atoms with Crippen LogP contribution in [0.25, 0.3) is 0 Å². The molecule has 0 spiro atoms. The monoisotopic (exact) mass is 282 g/mol. The van der Waals surface area contributed by atoms with Crippen molar-refractivity contribution in [1.29, 1.82) is 0 Å². The lowest BCUT2D eigenvalue weighted by Gasteiger charge is -2.29. The molecule has 0 bridgehead atoms. The molecular formula is C14H22N2O2S. The number of nitrogens with one attached hydrogen (secondary N) is 1. The van der Waals surface area contributed by atoms with Gasteiger partial charge in [-0.1, -0.05) is 37.3 Å². The zero-order valence-corrected chi connectivity index (χ0v) is 12.2. The van der Waals surface area contributed by atoms with Gasteiger partial charge in [-0.25, -0.2) is 8.42 Å². The summed E-state index contributed by atoms with van der Waals surface area (Å²) in [5.74, 6) is 0. The van der Waals surface area contributed by atoms with Crippen LogP contribution >= 0.6 is 0 Å². The van der Waals surface area contributed by atoms with E-state index < -0.39 is 10.0 Å². The Morgan fingerprint density at radius 2 is 1.84 bits per heavy atom. The molecule has 2 rings (SSSR count). The maximum Gasteiger partial charge on any atom is 0.217 e. The number of hydrogen-bond donors (Lipinski definition) is 1. The maximum atomic E-state index is 12.6. The molecule has 4 nitrogen and oxygen atoms in total. The Morgan fingerprint density at radius 3 is 2.42 bits per heavy atom. The molecule has 1 N–H and O–H groups in total. The maximum absolute atomic E-state index is 12.6. The lowest BCUT2D eigenvalue weighted by Crippen LogP contribution is -2.43. The first-order valence-electron chi connectivity index (χ1n) is 6.88. The molecule has 19 heavy (non-hydrogen) atoms. The zero-order chi connectivity index (χ0) is 13.7. The molecule has 106 valence electrons. The van der Waals surface area contributed by atoms with Crippen molar-refractivity contribution in [3.8, 4) is 0 Å². The van der Waals surface area contributed by atoms with Crippen molar-refractivity contribution in [3.63, 3.8) is 0 Å².